The molecule has 1 aromatic carbocycles. The SMILES string of the molecule is O=C(Nc1ccc(-c2cc(C3CCC3)n(C(=O)NC3CC3)n2)c(O)c1)c1cccnc1. The molecule has 158 valence electrons. The minimum Gasteiger partial charge on any atom is -0.507 e. The third kappa shape index (κ3) is 4.01. The molecular formula is C23H23N5O3. The zero-order chi connectivity index (χ0) is 21.4. The molecule has 0 atom stereocenters. The van der Waals surface area contributed by atoms with E-state index in [-0.39, 0.29) is 23.7 Å². The van der Waals surface area contributed by atoms with Gasteiger partial charge in [-0.05, 0) is 56.0 Å². The lowest BCUT2D eigenvalue weighted by Gasteiger charge is -2.25. The lowest BCUT2D eigenvalue weighted by molar-refractivity contribution is 0.102. The van der Waals surface area contributed by atoms with Crippen LogP contribution in [-0.4, -0.2) is 37.9 Å². The van der Waals surface area contributed by atoms with Gasteiger partial charge in [-0.1, -0.05) is 6.42 Å². The lowest BCUT2D eigenvalue weighted by Crippen LogP contribution is -2.33. The van der Waals surface area contributed by atoms with Crippen LogP contribution in [0.5, 0.6) is 5.75 Å². The molecule has 0 aliphatic heterocycles. The largest absolute Gasteiger partial charge is 0.507 e. The Bertz CT molecular complexity index is 1130. The minimum atomic E-state index is -0.312. The Morgan fingerprint density at radius 3 is 2.58 bits per heavy atom. The number of carbonyl (C=O) groups excluding carboxylic acids is 2. The first-order valence-electron chi connectivity index (χ1n) is 10.5. The molecule has 0 unspecified atom stereocenters. The summed E-state index contributed by atoms with van der Waals surface area (Å²) in [4.78, 5) is 28.9. The lowest BCUT2D eigenvalue weighted by atomic mass is 9.82. The molecule has 0 bridgehead atoms. The maximum atomic E-state index is 12.7. The molecule has 0 saturated heterocycles. The molecule has 2 saturated carbocycles. The number of rotatable bonds is 5. The molecule has 0 spiro atoms. The van der Waals surface area contributed by atoms with Gasteiger partial charge in [0, 0.05) is 41.7 Å². The number of carbonyl (C=O) groups is 2. The average molecular weight is 417 g/mol. The van der Waals surface area contributed by atoms with Crippen molar-refractivity contribution in [1.29, 1.82) is 0 Å². The minimum absolute atomic E-state index is 0.0172. The van der Waals surface area contributed by atoms with Crippen LogP contribution in [0.25, 0.3) is 11.3 Å². The number of phenols is 1. The number of anilines is 1. The highest BCUT2D eigenvalue weighted by atomic mass is 16.3. The van der Waals surface area contributed by atoms with Gasteiger partial charge >= 0.3 is 6.03 Å². The predicted molar refractivity (Wildman–Crippen MR) is 115 cm³/mol. The summed E-state index contributed by atoms with van der Waals surface area (Å²) in [6.45, 7) is 0. The van der Waals surface area contributed by atoms with E-state index in [4.69, 9.17) is 0 Å². The molecule has 0 radical (unpaired) electrons. The van der Waals surface area contributed by atoms with Crippen molar-refractivity contribution in [2.45, 2.75) is 44.1 Å². The van der Waals surface area contributed by atoms with Gasteiger partial charge < -0.3 is 15.7 Å². The summed E-state index contributed by atoms with van der Waals surface area (Å²) in [5, 5.41) is 20.9. The van der Waals surface area contributed by atoms with Gasteiger partial charge in [0.1, 0.15) is 5.75 Å². The van der Waals surface area contributed by atoms with Crippen LogP contribution < -0.4 is 10.6 Å². The normalized spacial score (nSPS) is 15.9. The topological polar surface area (TPSA) is 109 Å². The van der Waals surface area contributed by atoms with Crippen LogP contribution in [0.2, 0.25) is 0 Å². The zero-order valence-electron chi connectivity index (χ0n) is 16.9. The van der Waals surface area contributed by atoms with E-state index in [9.17, 15) is 14.7 Å². The van der Waals surface area contributed by atoms with Crippen LogP contribution in [0.3, 0.4) is 0 Å². The maximum absolute atomic E-state index is 12.7. The monoisotopic (exact) mass is 417 g/mol. The molecule has 5 rings (SSSR count). The summed E-state index contributed by atoms with van der Waals surface area (Å²) < 4.78 is 1.45. The van der Waals surface area contributed by atoms with E-state index >= 15 is 0 Å². The van der Waals surface area contributed by atoms with E-state index in [0.717, 1.165) is 37.8 Å². The number of aromatic hydroxyl groups is 1. The average Bonchev–Trinajstić information content (AvgIpc) is 3.44. The van der Waals surface area contributed by atoms with E-state index in [1.54, 1.807) is 30.5 Å². The fourth-order valence-corrected chi connectivity index (χ4v) is 3.67. The standard InChI is InChI=1S/C23H23N5O3/c29-21-11-17(25-22(30)15-5-2-10-24-13-15)8-9-18(21)19-12-20(14-3-1-4-14)28(27-19)23(31)26-16-6-7-16/h2,5,8-14,16,29H,1,3-4,6-7H2,(H,25,30)(H,26,31). The molecule has 2 heterocycles. The van der Waals surface area contributed by atoms with E-state index in [2.05, 4.69) is 20.7 Å². The molecule has 3 aromatic rings. The Morgan fingerprint density at radius 2 is 1.94 bits per heavy atom. The molecule has 2 aliphatic carbocycles. The molecule has 31 heavy (non-hydrogen) atoms. The van der Waals surface area contributed by atoms with E-state index in [1.807, 2.05) is 6.07 Å². The Labute approximate surface area is 179 Å². The van der Waals surface area contributed by atoms with Crippen molar-refractivity contribution in [2.75, 3.05) is 5.32 Å². The number of phenolic OH excluding ortho intramolecular Hbond substituents is 1. The highest BCUT2D eigenvalue weighted by Crippen LogP contribution is 2.39. The van der Waals surface area contributed by atoms with E-state index in [1.165, 1.54) is 16.9 Å². The van der Waals surface area contributed by atoms with Crippen molar-refractivity contribution in [2.24, 2.45) is 0 Å². The molecule has 2 amide bonds. The Hall–Kier alpha value is -3.68. The Morgan fingerprint density at radius 1 is 1.10 bits per heavy atom. The van der Waals surface area contributed by atoms with Crippen LogP contribution in [0.1, 0.15) is 54.1 Å². The molecule has 2 fully saturated rings. The highest BCUT2D eigenvalue weighted by molar-refractivity contribution is 6.04. The molecule has 3 N–H and O–H groups in total. The third-order valence-electron chi connectivity index (χ3n) is 5.81. The van der Waals surface area contributed by atoms with Crippen LogP contribution in [0.4, 0.5) is 10.5 Å². The summed E-state index contributed by atoms with van der Waals surface area (Å²) in [6, 6.07) is 10.2. The highest BCUT2D eigenvalue weighted by Gasteiger charge is 2.30. The van der Waals surface area contributed by atoms with Gasteiger partial charge in [-0.3, -0.25) is 9.78 Å². The molecule has 8 nitrogen and oxygen atoms in total. The van der Waals surface area contributed by atoms with Crippen LogP contribution in [-0.2, 0) is 0 Å². The summed E-state index contributed by atoms with van der Waals surface area (Å²) in [6.07, 6.45) is 8.30. The Kier molecular flexibility index (Phi) is 4.89. The predicted octanol–water partition coefficient (Wildman–Crippen LogP) is 3.89. The summed E-state index contributed by atoms with van der Waals surface area (Å²) in [7, 11) is 0. The van der Waals surface area contributed by atoms with Crippen LogP contribution in [0, 0.1) is 0 Å². The van der Waals surface area contributed by atoms with Crippen molar-refractivity contribution in [3.05, 3.63) is 60.0 Å². The first-order valence-corrected chi connectivity index (χ1v) is 10.5. The molecule has 8 heteroatoms. The van der Waals surface area contributed by atoms with Gasteiger partial charge in [-0.25, -0.2) is 4.79 Å². The zero-order valence-corrected chi connectivity index (χ0v) is 16.9. The first-order chi connectivity index (χ1) is 15.1. The fourth-order valence-electron chi connectivity index (χ4n) is 3.67. The van der Waals surface area contributed by atoms with E-state index in [0.29, 0.717) is 28.4 Å². The number of hydrogen-bond donors (Lipinski definition) is 3. The smallest absolute Gasteiger partial charge is 0.342 e. The first kappa shape index (κ1) is 19.3. The maximum Gasteiger partial charge on any atom is 0.342 e. The number of pyridine rings is 1. The molecular weight excluding hydrogens is 394 g/mol. The van der Waals surface area contributed by atoms with Gasteiger partial charge in [-0.2, -0.15) is 9.78 Å². The number of aromatic nitrogens is 3. The van der Waals surface area contributed by atoms with E-state index < -0.39 is 0 Å². The van der Waals surface area contributed by atoms with Gasteiger partial charge in [0.25, 0.3) is 5.91 Å². The van der Waals surface area contributed by atoms with Crippen molar-refractivity contribution in [3.63, 3.8) is 0 Å². The number of nitrogens with zero attached hydrogens (tertiary/aromatic N) is 3. The number of benzene rings is 1. The molecule has 2 aromatic heterocycles. The van der Waals surface area contributed by atoms with Crippen molar-refractivity contribution >= 4 is 17.6 Å². The number of nitrogens with one attached hydrogen (secondary N) is 2. The van der Waals surface area contributed by atoms with Gasteiger partial charge in [-0.15, -0.1) is 0 Å². The quantitative estimate of drug-likeness (QED) is 0.583. The second kappa shape index (κ2) is 7.86. The van der Waals surface area contributed by atoms with Crippen molar-refractivity contribution in [3.8, 4) is 17.0 Å². The summed E-state index contributed by atoms with van der Waals surface area (Å²) in [5.41, 5.74) is 2.82. The summed E-state index contributed by atoms with van der Waals surface area (Å²) >= 11 is 0. The second-order valence-electron chi connectivity index (χ2n) is 8.15. The fraction of sp³-hybridized carbons (Fsp3) is 0.304. The number of amides is 2. The summed E-state index contributed by atoms with van der Waals surface area (Å²) in [5.74, 6) is -0.0173. The van der Waals surface area contributed by atoms with Gasteiger partial charge in [0.05, 0.1) is 17.0 Å². The molecule has 2 aliphatic rings. The van der Waals surface area contributed by atoms with Crippen molar-refractivity contribution < 1.29 is 14.7 Å². The number of hydrogen-bond acceptors (Lipinski definition) is 5. The van der Waals surface area contributed by atoms with Gasteiger partial charge in [0.15, 0.2) is 0 Å². The van der Waals surface area contributed by atoms with Crippen LogP contribution >= 0.6 is 0 Å². The van der Waals surface area contributed by atoms with Crippen LogP contribution in [0.15, 0.2) is 48.8 Å². The van der Waals surface area contributed by atoms with Gasteiger partial charge in [0.2, 0.25) is 0 Å². The third-order valence-corrected chi connectivity index (χ3v) is 5.81. The second-order valence-corrected chi connectivity index (χ2v) is 8.15. The van der Waals surface area contributed by atoms with Crippen molar-refractivity contribution in [1.82, 2.24) is 20.1 Å². The Balaban J connectivity index is 1.40.